The van der Waals surface area contributed by atoms with E-state index in [1.807, 2.05) is 66.8 Å². The van der Waals surface area contributed by atoms with E-state index in [9.17, 15) is 4.79 Å². The summed E-state index contributed by atoms with van der Waals surface area (Å²) in [6.45, 7) is 1.93. The van der Waals surface area contributed by atoms with E-state index in [1.165, 1.54) is 0 Å². The van der Waals surface area contributed by atoms with Crippen LogP contribution in [0.1, 0.15) is 16.1 Å². The number of carbonyl (C=O) groups is 1. The number of aryl methyl sites for hydroxylation is 1. The zero-order valence-corrected chi connectivity index (χ0v) is 12.9. The first-order valence-corrected chi connectivity index (χ1v) is 7.07. The minimum Gasteiger partial charge on any atom is -0.378 e. The molecule has 0 fully saturated rings. The maximum absolute atomic E-state index is 12.3. The van der Waals surface area contributed by atoms with Gasteiger partial charge in [-0.15, -0.1) is 0 Å². The van der Waals surface area contributed by atoms with Crippen LogP contribution in [0.5, 0.6) is 0 Å². The third-order valence-corrected chi connectivity index (χ3v) is 3.48. The summed E-state index contributed by atoms with van der Waals surface area (Å²) in [7, 11) is 3.96. The molecule has 0 aliphatic heterocycles. The molecule has 0 atom stereocenters. The van der Waals surface area contributed by atoms with Crippen molar-refractivity contribution in [2.45, 2.75) is 6.92 Å². The van der Waals surface area contributed by atoms with E-state index in [0.717, 1.165) is 22.7 Å². The molecular weight excluding hydrogens is 276 g/mol. The summed E-state index contributed by atoms with van der Waals surface area (Å²) >= 11 is 0. The Balaban J connectivity index is 1.80. The minimum atomic E-state index is -0.133. The molecule has 1 aromatic carbocycles. The molecule has 0 aliphatic carbocycles. The second-order valence-electron chi connectivity index (χ2n) is 5.46. The van der Waals surface area contributed by atoms with Gasteiger partial charge in [-0.2, -0.15) is 0 Å². The van der Waals surface area contributed by atoms with Crippen molar-refractivity contribution in [3.8, 4) is 0 Å². The lowest BCUT2D eigenvalue weighted by Crippen LogP contribution is -2.13. The van der Waals surface area contributed by atoms with Crippen molar-refractivity contribution in [3.63, 3.8) is 0 Å². The molecule has 22 heavy (non-hydrogen) atoms. The normalized spacial score (nSPS) is 10.7. The van der Waals surface area contributed by atoms with Gasteiger partial charge in [-0.1, -0.05) is 0 Å². The summed E-state index contributed by atoms with van der Waals surface area (Å²) in [5.74, 6) is -0.133. The number of imidazole rings is 1. The molecule has 5 heteroatoms. The molecule has 112 valence electrons. The molecule has 2 heterocycles. The number of hydrogen-bond acceptors (Lipinski definition) is 3. The maximum Gasteiger partial charge on any atom is 0.257 e. The second kappa shape index (κ2) is 5.52. The van der Waals surface area contributed by atoms with Crippen molar-refractivity contribution in [1.29, 1.82) is 0 Å². The van der Waals surface area contributed by atoms with E-state index in [1.54, 1.807) is 12.3 Å². The standard InChI is InChI=1S/C17H18N4O/c1-12-10-21-11-13(4-9-16(21)18-12)17(22)19-14-5-7-15(8-6-14)20(2)3/h4-11H,1-3H3,(H,19,22). The predicted molar refractivity (Wildman–Crippen MR) is 88.7 cm³/mol. The smallest absolute Gasteiger partial charge is 0.257 e. The highest BCUT2D eigenvalue weighted by Crippen LogP contribution is 2.16. The molecule has 0 saturated heterocycles. The molecule has 1 N–H and O–H groups in total. The van der Waals surface area contributed by atoms with Gasteiger partial charge in [-0.05, 0) is 43.3 Å². The fraction of sp³-hybridized carbons (Fsp3) is 0.176. The molecule has 0 unspecified atom stereocenters. The zero-order valence-electron chi connectivity index (χ0n) is 12.9. The van der Waals surface area contributed by atoms with Crippen molar-refractivity contribution in [2.75, 3.05) is 24.3 Å². The van der Waals surface area contributed by atoms with E-state index in [2.05, 4.69) is 10.3 Å². The van der Waals surface area contributed by atoms with Crippen molar-refractivity contribution < 1.29 is 4.79 Å². The number of aromatic nitrogens is 2. The van der Waals surface area contributed by atoms with Gasteiger partial charge in [-0.3, -0.25) is 4.79 Å². The fourth-order valence-electron chi connectivity index (χ4n) is 2.30. The molecule has 5 nitrogen and oxygen atoms in total. The first-order valence-electron chi connectivity index (χ1n) is 7.07. The van der Waals surface area contributed by atoms with Gasteiger partial charge in [0, 0.05) is 37.9 Å². The molecule has 3 rings (SSSR count). The predicted octanol–water partition coefficient (Wildman–Crippen LogP) is 2.96. The molecule has 0 aliphatic rings. The fourth-order valence-corrected chi connectivity index (χ4v) is 2.30. The van der Waals surface area contributed by atoms with Crippen LogP contribution in [0.15, 0.2) is 48.8 Å². The molecule has 1 amide bonds. The van der Waals surface area contributed by atoms with E-state index in [-0.39, 0.29) is 5.91 Å². The van der Waals surface area contributed by atoms with E-state index >= 15 is 0 Å². The highest BCUT2D eigenvalue weighted by molar-refractivity contribution is 6.04. The number of fused-ring (bicyclic) bond motifs is 1. The van der Waals surface area contributed by atoms with Crippen LogP contribution in [-0.2, 0) is 0 Å². The summed E-state index contributed by atoms with van der Waals surface area (Å²) in [6.07, 6.45) is 3.69. The molecule has 2 aromatic heterocycles. The van der Waals surface area contributed by atoms with E-state index in [4.69, 9.17) is 0 Å². The van der Waals surface area contributed by atoms with E-state index < -0.39 is 0 Å². The minimum absolute atomic E-state index is 0.133. The molecule has 0 bridgehead atoms. The molecular formula is C17H18N4O. The van der Waals surface area contributed by atoms with Crippen molar-refractivity contribution in [3.05, 3.63) is 60.0 Å². The second-order valence-corrected chi connectivity index (χ2v) is 5.46. The SMILES string of the molecule is Cc1cn2cc(C(=O)Nc3ccc(N(C)C)cc3)ccc2n1. The summed E-state index contributed by atoms with van der Waals surface area (Å²) in [5.41, 5.74) is 4.23. The average Bonchev–Trinajstić information content (AvgIpc) is 2.86. The third-order valence-electron chi connectivity index (χ3n) is 3.48. The van der Waals surface area contributed by atoms with Gasteiger partial charge >= 0.3 is 0 Å². The average molecular weight is 294 g/mol. The lowest BCUT2D eigenvalue weighted by Gasteiger charge is -2.13. The number of rotatable bonds is 3. The summed E-state index contributed by atoms with van der Waals surface area (Å²) in [4.78, 5) is 18.7. The number of pyridine rings is 1. The Labute approximate surface area is 129 Å². The van der Waals surface area contributed by atoms with Gasteiger partial charge in [0.05, 0.1) is 11.3 Å². The number of amides is 1. The number of nitrogens with one attached hydrogen (secondary N) is 1. The summed E-state index contributed by atoms with van der Waals surface area (Å²) < 4.78 is 1.86. The molecule has 0 saturated carbocycles. The van der Waals surface area contributed by atoms with Gasteiger partial charge in [0.25, 0.3) is 5.91 Å². The van der Waals surface area contributed by atoms with Crippen LogP contribution in [0.2, 0.25) is 0 Å². The number of anilines is 2. The Bertz CT molecular complexity index is 818. The van der Waals surface area contributed by atoms with Crippen LogP contribution in [-0.4, -0.2) is 29.4 Å². The zero-order chi connectivity index (χ0) is 15.7. The molecule has 0 spiro atoms. The van der Waals surface area contributed by atoms with Gasteiger partial charge < -0.3 is 14.6 Å². The topological polar surface area (TPSA) is 49.6 Å². The van der Waals surface area contributed by atoms with E-state index in [0.29, 0.717) is 5.56 Å². The monoisotopic (exact) mass is 294 g/mol. The highest BCUT2D eigenvalue weighted by atomic mass is 16.1. The van der Waals surface area contributed by atoms with Crippen molar-refractivity contribution in [1.82, 2.24) is 9.38 Å². The number of carbonyl (C=O) groups excluding carboxylic acids is 1. The van der Waals surface area contributed by atoms with Crippen LogP contribution in [0.4, 0.5) is 11.4 Å². The lowest BCUT2D eigenvalue weighted by molar-refractivity contribution is 0.102. The van der Waals surface area contributed by atoms with Crippen molar-refractivity contribution >= 4 is 22.9 Å². The van der Waals surface area contributed by atoms with Crippen LogP contribution in [0, 0.1) is 6.92 Å². The Morgan fingerprint density at radius 3 is 2.50 bits per heavy atom. The van der Waals surface area contributed by atoms with Crippen LogP contribution in [0.25, 0.3) is 5.65 Å². The summed E-state index contributed by atoms with van der Waals surface area (Å²) in [6, 6.07) is 11.4. The Kier molecular flexibility index (Phi) is 3.55. The first-order chi connectivity index (χ1) is 10.5. The third kappa shape index (κ3) is 2.79. The largest absolute Gasteiger partial charge is 0.378 e. The first kappa shape index (κ1) is 14.1. The molecule has 3 aromatic rings. The van der Waals surface area contributed by atoms with Gasteiger partial charge in [0.2, 0.25) is 0 Å². The number of hydrogen-bond donors (Lipinski definition) is 1. The molecule has 0 radical (unpaired) electrons. The van der Waals surface area contributed by atoms with Gasteiger partial charge in [0.1, 0.15) is 5.65 Å². The Morgan fingerprint density at radius 1 is 1.09 bits per heavy atom. The van der Waals surface area contributed by atoms with Gasteiger partial charge in [-0.25, -0.2) is 4.98 Å². The lowest BCUT2D eigenvalue weighted by atomic mass is 10.2. The quantitative estimate of drug-likeness (QED) is 0.808. The summed E-state index contributed by atoms with van der Waals surface area (Å²) in [5, 5.41) is 2.90. The van der Waals surface area contributed by atoms with Gasteiger partial charge in [0.15, 0.2) is 0 Å². The maximum atomic E-state index is 12.3. The van der Waals surface area contributed by atoms with Crippen LogP contribution < -0.4 is 10.2 Å². The highest BCUT2D eigenvalue weighted by Gasteiger charge is 2.08. The van der Waals surface area contributed by atoms with Crippen molar-refractivity contribution in [2.24, 2.45) is 0 Å². The Hall–Kier alpha value is -2.82. The number of benzene rings is 1. The van der Waals surface area contributed by atoms with Crippen LogP contribution >= 0.6 is 0 Å². The van der Waals surface area contributed by atoms with Crippen LogP contribution in [0.3, 0.4) is 0 Å². The number of nitrogens with zero attached hydrogens (tertiary/aromatic N) is 3. The Morgan fingerprint density at radius 2 is 1.82 bits per heavy atom.